The van der Waals surface area contributed by atoms with Crippen LogP contribution in [0.5, 0.6) is 0 Å². The van der Waals surface area contributed by atoms with Crippen molar-refractivity contribution in [1.29, 1.82) is 0 Å². The molecule has 1 heterocycles. The maximum Gasteiger partial charge on any atom is 0.123 e. The van der Waals surface area contributed by atoms with Crippen molar-refractivity contribution in [3.63, 3.8) is 0 Å². The standard InChI is InChI=1S/C15H14Br3FN2/c1-2-20-14(15-13(18)7-10(16)8-21-15)6-9-5-11(19)3-4-12(9)17/h3-5,7-8,14,20H,2,6H2,1H3. The first kappa shape index (κ1) is 17.1. The van der Waals surface area contributed by atoms with Gasteiger partial charge in [-0.25, -0.2) is 4.39 Å². The van der Waals surface area contributed by atoms with E-state index in [0.29, 0.717) is 6.42 Å². The average molecular weight is 481 g/mol. The van der Waals surface area contributed by atoms with E-state index >= 15 is 0 Å². The van der Waals surface area contributed by atoms with Gasteiger partial charge in [0.15, 0.2) is 0 Å². The maximum absolute atomic E-state index is 13.4. The van der Waals surface area contributed by atoms with Crippen LogP contribution in [-0.2, 0) is 6.42 Å². The van der Waals surface area contributed by atoms with E-state index in [0.717, 1.165) is 31.2 Å². The Morgan fingerprint density at radius 2 is 1.95 bits per heavy atom. The zero-order chi connectivity index (χ0) is 15.4. The van der Waals surface area contributed by atoms with Gasteiger partial charge in [-0.05, 0) is 74.7 Å². The number of likely N-dealkylation sites (N-methyl/N-ethyl adjacent to an activating group) is 1. The van der Waals surface area contributed by atoms with Gasteiger partial charge in [0.05, 0.1) is 11.7 Å². The highest BCUT2D eigenvalue weighted by Crippen LogP contribution is 2.29. The Labute approximate surface area is 148 Å². The number of nitrogens with one attached hydrogen (secondary N) is 1. The molecule has 112 valence electrons. The smallest absolute Gasteiger partial charge is 0.123 e. The van der Waals surface area contributed by atoms with Crippen molar-refractivity contribution in [2.24, 2.45) is 0 Å². The molecule has 1 unspecified atom stereocenters. The molecule has 0 saturated carbocycles. The molecule has 2 rings (SSSR count). The van der Waals surface area contributed by atoms with Crippen LogP contribution in [0.4, 0.5) is 4.39 Å². The summed E-state index contributed by atoms with van der Waals surface area (Å²) in [6.45, 7) is 2.85. The van der Waals surface area contributed by atoms with Crippen LogP contribution in [0.3, 0.4) is 0 Å². The summed E-state index contributed by atoms with van der Waals surface area (Å²) in [6.07, 6.45) is 2.42. The van der Waals surface area contributed by atoms with Crippen molar-refractivity contribution in [3.8, 4) is 0 Å². The molecule has 0 saturated heterocycles. The number of rotatable bonds is 5. The van der Waals surface area contributed by atoms with E-state index in [4.69, 9.17) is 0 Å². The monoisotopic (exact) mass is 478 g/mol. The summed E-state index contributed by atoms with van der Waals surface area (Å²) in [4.78, 5) is 4.48. The number of aromatic nitrogens is 1. The van der Waals surface area contributed by atoms with Crippen molar-refractivity contribution in [2.75, 3.05) is 6.54 Å². The molecule has 21 heavy (non-hydrogen) atoms. The summed E-state index contributed by atoms with van der Waals surface area (Å²) in [5.41, 5.74) is 1.83. The largest absolute Gasteiger partial charge is 0.309 e. The zero-order valence-corrected chi connectivity index (χ0v) is 16.1. The van der Waals surface area contributed by atoms with Crippen LogP contribution in [0.2, 0.25) is 0 Å². The van der Waals surface area contributed by atoms with Crippen LogP contribution in [0, 0.1) is 5.82 Å². The van der Waals surface area contributed by atoms with Gasteiger partial charge in [-0.2, -0.15) is 0 Å². The Morgan fingerprint density at radius 3 is 2.62 bits per heavy atom. The zero-order valence-electron chi connectivity index (χ0n) is 11.3. The van der Waals surface area contributed by atoms with Gasteiger partial charge in [0.2, 0.25) is 0 Å². The topological polar surface area (TPSA) is 24.9 Å². The van der Waals surface area contributed by atoms with Crippen LogP contribution in [-0.4, -0.2) is 11.5 Å². The van der Waals surface area contributed by atoms with E-state index in [9.17, 15) is 4.39 Å². The van der Waals surface area contributed by atoms with Gasteiger partial charge in [0.25, 0.3) is 0 Å². The maximum atomic E-state index is 13.4. The third-order valence-electron chi connectivity index (χ3n) is 3.05. The van der Waals surface area contributed by atoms with E-state index in [1.807, 2.05) is 13.0 Å². The quantitative estimate of drug-likeness (QED) is 0.619. The predicted octanol–water partition coefficient (Wildman–Crippen LogP) is 5.40. The SMILES string of the molecule is CCNC(Cc1cc(F)ccc1Br)c1ncc(Br)cc1Br. The summed E-state index contributed by atoms with van der Waals surface area (Å²) in [6, 6.07) is 6.71. The molecule has 1 N–H and O–H groups in total. The fourth-order valence-corrected chi connectivity index (χ4v) is 3.79. The van der Waals surface area contributed by atoms with E-state index in [1.165, 1.54) is 6.07 Å². The number of pyridine rings is 1. The van der Waals surface area contributed by atoms with Crippen LogP contribution in [0.1, 0.15) is 24.2 Å². The van der Waals surface area contributed by atoms with Crippen molar-refractivity contribution < 1.29 is 4.39 Å². The lowest BCUT2D eigenvalue weighted by Gasteiger charge is -2.19. The molecule has 0 fully saturated rings. The van der Waals surface area contributed by atoms with Crippen molar-refractivity contribution >= 4 is 47.8 Å². The number of halogens is 4. The van der Waals surface area contributed by atoms with Gasteiger partial charge in [-0.1, -0.05) is 22.9 Å². The first-order valence-corrected chi connectivity index (χ1v) is 8.87. The number of benzene rings is 1. The first-order valence-electron chi connectivity index (χ1n) is 6.49. The molecular formula is C15H14Br3FN2. The molecular weight excluding hydrogens is 467 g/mol. The molecule has 2 aromatic rings. The van der Waals surface area contributed by atoms with Crippen molar-refractivity contribution in [1.82, 2.24) is 10.3 Å². The molecule has 0 aliphatic carbocycles. The molecule has 0 spiro atoms. The Hall–Kier alpha value is -0.300. The van der Waals surface area contributed by atoms with E-state index in [-0.39, 0.29) is 11.9 Å². The van der Waals surface area contributed by atoms with Gasteiger partial charge in [0, 0.05) is 19.6 Å². The third kappa shape index (κ3) is 4.58. The number of nitrogens with zero attached hydrogens (tertiary/aromatic N) is 1. The van der Waals surface area contributed by atoms with Gasteiger partial charge in [-0.3, -0.25) is 4.98 Å². The van der Waals surface area contributed by atoms with E-state index < -0.39 is 0 Å². The number of hydrogen-bond acceptors (Lipinski definition) is 2. The molecule has 0 bridgehead atoms. The Morgan fingerprint density at radius 1 is 1.19 bits per heavy atom. The fraction of sp³-hybridized carbons (Fsp3) is 0.267. The molecule has 1 atom stereocenters. The normalized spacial score (nSPS) is 12.4. The molecule has 0 aliphatic heterocycles. The van der Waals surface area contributed by atoms with Crippen molar-refractivity contribution in [3.05, 3.63) is 61.0 Å². The second kappa shape index (κ2) is 7.81. The minimum absolute atomic E-state index is 0.00979. The summed E-state index contributed by atoms with van der Waals surface area (Å²) in [5.74, 6) is -0.230. The Balaban J connectivity index is 2.32. The van der Waals surface area contributed by atoms with E-state index in [1.54, 1.807) is 18.3 Å². The summed E-state index contributed by atoms with van der Waals surface area (Å²) < 4.78 is 16.2. The predicted molar refractivity (Wildman–Crippen MR) is 93.9 cm³/mol. The minimum Gasteiger partial charge on any atom is -0.309 e. The second-order valence-electron chi connectivity index (χ2n) is 4.57. The molecule has 0 aliphatic rings. The van der Waals surface area contributed by atoms with Gasteiger partial charge in [-0.15, -0.1) is 0 Å². The lowest BCUT2D eigenvalue weighted by Crippen LogP contribution is -2.24. The molecule has 0 radical (unpaired) electrons. The van der Waals surface area contributed by atoms with Gasteiger partial charge >= 0.3 is 0 Å². The summed E-state index contributed by atoms with van der Waals surface area (Å²) >= 11 is 10.4. The Kier molecular flexibility index (Phi) is 6.34. The highest BCUT2D eigenvalue weighted by atomic mass is 79.9. The highest BCUT2D eigenvalue weighted by Gasteiger charge is 2.17. The molecule has 2 nitrogen and oxygen atoms in total. The molecule has 1 aromatic heterocycles. The minimum atomic E-state index is -0.230. The van der Waals surface area contributed by atoms with Crippen molar-refractivity contribution in [2.45, 2.75) is 19.4 Å². The third-order valence-corrected chi connectivity index (χ3v) is 4.89. The summed E-state index contributed by atoms with van der Waals surface area (Å²) in [5, 5.41) is 3.40. The molecule has 6 heteroatoms. The molecule has 0 amide bonds. The van der Waals surface area contributed by atoms with Gasteiger partial charge in [0.1, 0.15) is 5.82 Å². The van der Waals surface area contributed by atoms with Crippen LogP contribution in [0.15, 0.2) is 43.9 Å². The lowest BCUT2D eigenvalue weighted by atomic mass is 10.0. The Bertz CT molecular complexity index is 634. The van der Waals surface area contributed by atoms with Crippen LogP contribution < -0.4 is 5.32 Å². The van der Waals surface area contributed by atoms with Gasteiger partial charge < -0.3 is 5.32 Å². The highest BCUT2D eigenvalue weighted by molar-refractivity contribution is 9.11. The number of hydrogen-bond donors (Lipinski definition) is 1. The first-order chi connectivity index (χ1) is 10.0. The fourth-order valence-electron chi connectivity index (χ4n) is 2.11. The lowest BCUT2D eigenvalue weighted by molar-refractivity contribution is 0.531. The molecule has 1 aromatic carbocycles. The summed E-state index contributed by atoms with van der Waals surface area (Å²) in [7, 11) is 0. The van der Waals surface area contributed by atoms with Crippen LogP contribution >= 0.6 is 47.8 Å². The second-order valence-corrected chi connectivity index (χ2v) is 7.20. The van der Waals surface area contributed by atoms with Crippen LogP contribution in [0.25, 0.3) is 0 Å². The average Bonchev–Trinajstić information content (AvgIpc) is 2.42. The van der Waals surface area contributed by atoms with E-state index in [2.05, 4.69) is 58.1 Å².